The Balaban J connectivity index is 1.36. The molecule has 4 rings (SSSR count). The van der Waals surface area contributed by atoms with Crippen LogP contribution in [0.25, 0.3) is 0 Å². The summed E-state index contributed by atoms with van der Waals surface area (Å²) in [5.41, 5.74) is 1.85. The summed E-state index contributed by atoms with van der Waals surface area (Å²) in [4.78, 5) is 26.4. The van der Waals surface area contributed by atoms with E-state index in [1.807, 2.05) is 48.5 Å². The third-order valence-electron chi connectivity index (χ3n) is 5.86. The fraction of sp³-hybridized carbons (Fsp3) is 0.259. The molecule has 3 aromatic carbocycles. The minimum absolute atomic E-state index is 0.0412. The molecule has 1 aliphatic rings. The van der Waals surface area contributed by atoms with Crippen LogP contribution >= 0.6 is 0 Å². The number of nitrogens with one attached hydrogen (secondary N) is 1. The predicted molar refractivity (Wildman–Crippen MR) is 128 cm³/mol. The molecule has 1 atom stereocenters. The Morgan fingerprint density at radius 1 is 0.971 bits per heavy atom. The molecule has 7 nitrogen and oxygen atoms in total. The molecule has 1 fully saturated rings. The number of phenolic OH excluding ortho intramolecular Hbond substituents is 1. The highest BCUT2D eigenvalue weighted by Gasteiger charge is 2.33. The first-order valence-corrected chi connectivity index (χ1v) is 11.4. The largest absolute Gasteiger partial charge is 0.503 e. The summed E-state index contributed by atoms with van der Waals surface area (Å²) in [6, 6.07) is 21.0. The molecule has 2 N–H and O–H groups in total. The molecule has 8 heteroatoms. The summed E-state index contributed by atoms with van der Waals surface area (Å²) in [7, 11) is 0. The zero-order chi connectivity index (χ0) is 24.6. The first kappa shape index (κ1) is 24.2. The Morgan fingerprint density at radius 3 is 2.31 bits per heavy atom. The van der Waals surface area contributed by atoms with Gasteiger partial charge in [0.1, 0.15) is 13.2 Å². The molecular weight excluding hydrogens is 451 g/mol. The van der Waals surface area contributed by atoms with Gasteiger partial charge in [-0.2, -0.15) is 0 Å². The van der Waals surface area contributed by atoms with E-state index in [0.29, 0.717) is 26.0 Å². The summed E-state index contributed by atoms with van der Waals surface area (Å²) in [5.74, 6) is -1.81. The number of rotatable bonds is 8. The molecule has 1 unspecified atom stereocenters. The molecule has 35 heavy (non-hydrogen) atoms. The fourth-order valence-corrected chi connectivity index (χ4v) is 4.11. The van der Waals surface area contributed by atoms with Gasteiger partial charge in [0, 0.05) is 12.1 Å². The molecule has 1 aliphatic heterocycles. The van der Waals surface area contributed by atoms with E-state index in [-0.39, 0.29) is 30.4 Å². The molecule has 0 bridgehead atoms. The number of hydrogen-bond donors (Lipinski definition) is 2. The average Bonchev–Trinajstić information content (AvgIpc) is 3.37. The maximum Gasteiger partial charge on any atom is 0.412 e. The van der Waals surface area contributed by atoms with Gasteiger partial charge in [-0.15, -0.1) is 0 Å². The van der Waals surface area contributed by atoms with Gasteiger partial charge >= 0.3 is 6.09 Å². The number of amides is 2. The van der Waals surface area contributed by atoms with Gasteiger partial charge < -0.3 is 19.5 Å². The average molecular weight is 479 g/mol. The number of nitrogens with zero attached hydrogens (tertiary/aromatic N) is 1. The van der Waals surface area contributed by atoms with Gasteiger partial charge in [0.2, 0.25) is 5.91 Å². The monoisotopic (exact) mass is 478 g/mol. The van der Waals surface area contributed by atoms with Crippen molar-refractivity contribution in [2.75, 3.05) is 18.5 Å². The summed E-state index contributed by atoms with van der Waals surface area (Å²) in [6.07, 6.45) is 0.456. The molecule has 0 aromatic heterocycles. The normalized spacial score (nSPS) is 15.1. The first-order chi connectivity index (χ1) is 17.0. The molecule has 182 valence electrons. The molecule has 0 radical (unpaired) electrons. The minimum Gasteiger partial charge on any atom is -0.503 e. The van der Waals surface area contributed by atoms with Crippen molar-refractivity contribution in [3.63, 3.8) is 0 Å². The Bertz CT molecular complexity index is 1160. The van der Waals surface area contributed by atoms with Crippen molar-refractivity contribution in [1.82, 2.24) is 4.90 Å². The van der Waals surface area contributed by atoms with E-state index in [4.69, 9.17) is 9.47 Å². The quantitative estimate of drug-likeness (QED) is 0.437. The standard InChI is InChI=1S/C27H27FN2O5/c28-25-21(13-14-22(26(25)32)29-27(33)35-17-20-10-5-2-6-11-20)23-12-7-15-30(23)24(31)18-34-16-19-8-3-1-4-9-19/h1-6,8-11,13-14,23,32H,7,12,15-18H2,(H,29,33). The highest BCUT2D eigenvalue weighted by molar-refractivity contribution is 5.87. The van der Waals surface area contributed by atoms with Crippen LogP contribution in [0.4, 0.5) is 14.9 Å². The number of aromatic hydroxyl groups is 1. The number of ether oxygens (including phenoxy) is 2. The van der Waals surface area contributed by atoms with Crippen molar-refractivity contribution in [2.24, 2.45) is 0 Å². The van der Waals surface area contributed by atoms with E-state index in [9.17, 15) is 14.7 Å². The molecule has 3 aromatic rings. The van der Waals surface area contributed by atoms with Gasteiger partial charge in [0.25, 0.3) is 0 Å². The number of anilines is 1. The number of carbonyl (C=O) groups is 2. The van der Waals surface area contributed by atoms with Crippen molar-refractivity contribution >= 4 is 17.7 Å². The number of likely N-dealkylation sites (tertiary alicyclic amines) is 1. The molecule has 0 aliphatic carbocycles. The number of benzene rings is 3. The van der Waals surface area contributed by atoms with Crippen LogP contribution in [0, 0.1) is 5.82 Å². The van der Waals surface area contributed by atoms with Crippen molar-refractivity contribution in [3.8, 4) is 5.75 Å². The molecule has 0 spiro atoms. The van der Waals surface area contributed by atoms with E-state index in [0.717, 1.165) is 11.1 Å². The lowest BCUT2D eigenvalue weighted by Gasteiger charge is -2.26. The van der Waals surface area contributed by atoms with Gasteiger partial charge in [-0.05, 0) is 30.0 Å². The smallest absolute Gasteiger partial charge is 0.412 e. The van der Waals surface area contributed by atoms with Crippen molar-refractivity contribution in [2.45, 2.75) is 32.1 Å². The van der Waals surface area contributed by atoms with E-state index < -0.39 is 23.7 Å². The SMILES string of the molecule is O=C(Nc1ccc(C2CCCN2C(=O)COCc2ccccc2)c(F)c1O)OCc1ccccc1. The van der Waals surface area contributed by atoms with E-state index in [1.165, 1.54) is 12.1 Å². The minimum atomic E-state index is -0.874. The summed E-state index contributed by atoms with van der Waals surface area (Å²) >= 11 is 0. The molecule has 0 saturated carbocycles. The maximum atomic E-state index is 15.1. The summed E-state index contributed by atoms with van der Waals surface area (Å²) < 4.78 is 25.8. The predicted octanol–water partition coefficient (Wildman–Crippen LogP) is 5.16. The lowest BCUT2D eigenvalue weighted by molar-refractivity contribution is -0.137. The Labute approximate surface area is 203 Å². The van der Waals surface area contributed by atoms with Crippen molar-refractivity contribution < 1.29 is 28.6 Å². The second-order valence-corrected chi connectivity index (χ2v) is 8.28. The van der Waals surface area contributed by atoms with Crippen LogP contribution in [0.15, 0.2) is 72.8 Å². The second-order valence-electron chi connectivity index (χ2n) is 8.28. The van der Waals surface area contributed by atoms with Crippen LogP contribution < -0.4 is 5.32 Å². The van der Waals surface area contributed by atoms with E-state index in [2.05, 4.69) is 5.32 Å². The lowest BCUT2D eigenvalue weighted by atomic mass is 10.0. The van der Waals surface area contributed by atoms with Crippen LogP contribution in [-0.2, 0) is 27.5 Å². The number of halogens is 1. The van der Waals surface area contributed by atoms with Crippen LogP contribution in [0.1, 0.15) is 35.6 Å². The lowest BCUT2D eigenvalue weighted by Crippen LogP contribution is -2.34. The zero-order valence-electron chi connectivity index (χ0n) is 19.2. The van der Waals surface area contributed by atoms with Gasteiger partial charge in [0.15, 0.2) is 11.6 Å². The molecule has 2 amide bonds. The topological polar surface area (TPSA) is 88.1 Å². The van der Waals surface area contributed by atoms with Crippen LogP contribution in [-0.4, -0.2) is 35.2 Å². The number of carbonyl (C=O) groups excluding carboxylic acids is 2. The fourth-order valence-electron chi connectivity index (χ4n) is 4.11. The Hall–Kier alpha value is -3.91. The van der Waals surface area contributed by atoms with Crippen molar-refractivity contribution in [1.29, 1.82) is 0 Å². The molecule has 1 heterocycles. The van der Waals surface area contributed by atoms with Crippen LogP contribution in [0.2, 0.25) is 0 Å². The van der Waals surface area contributed by atoms with Gasteiger partial charge in [0.05, 0.1) is 18.3 Å². The van der Waals surface area contributed by atoms with Crippen LogP contribution in [0.5, 0.6) is 5.75 Å². The zero-order valence-corrected chi connectivity index (χ0v) is 19.2. The van der Waals surface area contributed by atoms with E-state index >= 15 is 4.39 Å². The highest BCUT2D eigenvalue weighted by Crippen LogP contribution is 2.38. The highest BCUT2D eigenvalue weighted by atomic mass is 19.1. The van der Waals surface area contributed by atoms with Crippen LogP contribution in [0.3, 0.4) is 0 Å². The third kappa shape index (κ3) is 6.16. The summed E-state index contributed by atoms with van der Waals surface area (Å²) in [6.45, 7) is 0.705. The molecular formula is C27H27FN2O5. The second kappa shape index (κ2) is 11.5. The third-order valence-corrected chi connectivity index (χ3v) is 5.86. The van der Waals surface area contributed by atoms with Crippen molar-refractivity contribution in [3.05, 3.63) is 95.3 Å². The van der Waals surface area contributed by atoms with Gasteiger partial charge in [-0.25, -0.2) is 9.18 Å². The first-order valence-electron chi connectivity index (χ1n) is 11.4. The maximum absolute atomic E-state index is 15.1. The number of phenols is 1. The van der Waals surface area contributed by atoms with E-state index in [1.54, 1.807) is 17.0 Å². The Kier molecular flexibility index (Phi) is 7.95. The van der Waals surface area contributed by atoms with Gasteiger partial charge in [-0.1, -0.05) is 66.7 Å². The van der Waals surface area contributed by atoms with Gasteiger partial charge in [-0.3, -0.25) is 10.1 Å². The Morgan fingerprint density at radius 2 is 1.63 bits per heavy atom. The number of hydrogen-bond acceptors (Lipinski definition) is 5. The summed E-state index contributed by atoms with van der Waals surface area (Å²) in [5, 5.41) is 12.8. The molecule has 1 saturated heterocycles.